The van der Waals surface area contributed by atoms with Crippen LogP contribution in [0.15, 0.2) is 65.4 Å². The minimum atomic E-state index is -0.351. The van der Waals surface area contributed by atoms with Gasteiger partial charge in [-0.2, -0.15) is 0 Å². The summed E-state index contributed by atoms with van der Waals surface area (Å²) < 4.78 is 5.20. The van der Waals surface area contributed by atoms with Crippen LogP contribution in [0.3, 0.4) is 0 Å². The Morgan fingerprint density at radius 2 is 2.07 bits per heavy atom. The number of carbonyl (C=O) groups is 2. The third-order valence-electron chi connectivity index (χ3n) is 4.67. The van der Waals surface area contributed by atoms with E-state index < -0.39 is 0 Å². The number of para-hydroxylation sites is 1. The summed E-state index contributed by atoms with van der Waals surface area (Å²) in [6.45, 7) is 2.29. The first kappa shape index (κ1) is 17.0. The van der Waals surface area contributed by atoms with Gasteiger partial charge in [0.2, 0.25) is 0 Å². The number of rotatable bonds is 4. The van der Waals surface area contributed by atoms with Crippen LogP contribution in [0.25, 0.3) is 0 Å². The smallest absolute Gasteiger partial charge is 0.270 e. The Kier molecular flexibility index (Phi) is 4.46. The fourth-order valence-electron chi connectivity index (χ4n) is 3.37. The topological polar surface area (TPSA) is 75.4 Å². The Balaban J connectivity index is 1.53. The standard InChI is InChI=1S/C21H19N3O3/c1-14-11-15-5-2-3-7-19(15)24(14)21(26)16-8-9-22-18(12-16)20(25)23-13-17-6-4-10-27-17/h2-10,12,14H,11,13H2,1H3,(H,23,25). The number of aromatic nitrogens is 1. The second kappa shape index (κ2) is 7.07. The van der Waals surface area contributed by atoms with Gasteiger partial charge in [-0.1, -0.05) is 18.2 Å². The molecule has 2 aromatic heterocycles. The van der Waals surface area contributed by atoms with E-state index in [1.54, 1.807) is 29.4 Å². The van der Waals surface area contributed by atoms with Crippen LogP contribution in [0.5, 0.6) is 0 Å². The molecule has 4 rings (SSSR count). The quantitative estimate of drug-likeness (QED) is 0.774. The number of amides is 2. The first-order chi connectivity index (χ1) is 13.1. The molecule has 0 aliphatic carbocycles. The van der Waals surface area contributed by atoms with E-state index in [2.05, 4.69) is 10.3 Å². The van der Waals surface area contributed by atoms with Gasteiger partial charge in [0.05, 0.1) is 12.8 Å². The summed E-state index contributed by atoms with van der Waals surface area (Å²) in [5.41, 5.74) is 2.73. The zero-order valence-electron chi connectivity index (χ0n) is 14.9. The maximum absolute atomic E-state index is 13.1. The number of anilines is 1. The van der Waals surface area contributed by atoms with E-state index in [1.165, 1.54) is 12.3 Å². The number of nitrogens with zero attached hydrogens (tertiary/aromatic N) is 2. The summed E-state index contributed by atoms with van der Waals surface area (Å²) in [6.07, 6.45) is 3.86. The number of nitrogens with one attached hydrogen (secondary N) is 1. The number of pyridine rings is 1. The summed E-state index contributed by atoms with van der Waals surface area (Å²) >= 11 is 0. The summed E-state index contributed by atoms with van der Waals surface area (Å²) in [5.74, 6) is 0.170. The molecule has 27 heavy (non-hydrogen) atoms. The van der Waals surface area contributed by atoms with E-state index in [0.29, 0.717) is 11.3 Å². The molecule has 3 aromatic rings. The van der Waals surface area contributed by atoms with Gasteiger partial charge in [-0.15, -0.1) is 0 Å². The molecular formula is C21H19N3O3. The molecule has 0 bridgehead atoms. The molecule has 0 spiro atoms. The third kappa shape index (κ3) is 3.33. The van der Waals surface area contributed by atoms with Gasteiger partial charge in [0, 0.05) is 23.5 Å². The van der Waals surface area contributed by atoms with Crippen LogP contribution in [0.4, 0.5) is 5.69 Å². The largest absolute Gasteiger partial charge is 0.467 e. The summed E-state index contributed by atoms with van der Waals surface area (Å²) in [7, 11) is 0. The Morgan fingerprint density at radius 1 is 1.22 bits per heavy atom. The van der Waals surface area contributed by atoms with Gasteiger partial charge in [-0.05, 0) is 49.2 Å². The Morgan fingerprint density at radius 3 is 2.89 bits per heavy atom. The predicted octanol–water partition coefficient (Wildman–Crippen LogP) is 3.20. The average Bonchev–Trinajstić information content (AvgIpc) is 3.32. The van der Waals surface area contributed by atoms with Gasteiger partial charge in [0.15, 0.2) is 0 Å². The summed E-state index contributed by atoms with van der Waals surface area (Å²) in [6, 6.07) is 14.7. The second-order valence-electron chi connectivity index (χ2n) is 6.55. The van der Waals surface area contributed by atoms with Crippen LogP contribution in [0.2, 0.25) is 0 Å². The third-order valence-corrected chi connectivity index (χ3v) is 4.67. The lowest BCUT2D eigenvalue weighted by Gasteiger charge is -2.23. The van der Waals surface area contributed by atoms with Gasteiger partial charge >= 0.3 is 0 Å². The molecule has 1 unspecified atom stereocenters. The van der Waals surface area contributed by atoms with E-state index in [4.69, 9.17) is 4.42 Å². The number of fused-ring (bicyclic) bond motifs is 1. The SMILES string of the molecule is CC1Cc2ccccc2N1C(=O)c1ccnc(C(=O)NCc2ccco2)c1. The van der Waals surface area contributed by atoms with Gasteiger partial charge in [0.1, 0.15) is 11.5 Å². The van der Waals surface area contributed by atoms with Crippen molar-refractivity contribution in [1.82, 2.24) is 10.3 Å². The molecule has 2 amide bonds. The number of furan rings is 1. The van der Waals surface area contributed by atoms with Crippen molar-refractivity contribution in [3.63, 3.8) is 0 Å². The number of hydrogen-bond acceptors (Lipinski definition) is 4. The molecule has 1 atom stereocenters. The minimum absolute atomic E-state index is 0.0688. The van der Waals surface area contributed by atoms with E-state index in [9.17, 15) is 9.59 Å². The molecule has 1 aliphatic heterocycles. The second-order valence-corrected chi connectivity index (χ2v) is 6.55. The average molecular weight is 361 g/mol. The van der Waals surface area contributed by atoms with Crippen LogP contribution >= 0.6 is 0 Å². The van der Waals surface area contributed by atoms with Gasteiger partial charge in [-0.25, -0.2) is 0 Å². The Bertz CT molecular complexity index is 982. The first-order valence-electron chi connectivity index (χ1n) is 8.81. The minimum Gasteiger partial charge on any atom is -0.467 e. The summed E-state index contributed by atoms with van der Waals surface area (Å²) in [5, 5.41) is 2.74. The Labute approximate surface area is 156 Å². The van der Waals surface area contributed by atoms with Gasteiger partial charge < -0.3 is 14.6 Å². The fraction of sp³-hybridized carbons (Fsp3) is 0.190. The molecule has 0 saturated heterocycles. The molecule has 1 aliphatic rings. The lowest BCUT2D eigenvalue weighted by molar-refractivity contribution is 0.0943. The lowest BCUT2D eigenvalue weighted by Crippen LogP contribution is -2.36. The van der Waals surface area contributed by atoms with Crippen LogP contribution in [0.1, 0.15) is 39.1 Å². The van der Waals surface area contributed by atoms with E-state index in [0.717, 1.165) is 17.7 Å². The maximum atomic E-state index is 13.1. The molecule has 1 N–H and O–H groups in total. The molecule has 136 valence electrons. The zero-order chi connectivity index (χ0) is 18.8. The molecule has 0 saturated carbocycles. The highest BCUT2D eigenvalue weighted by atomic mass is 16.3. The zero-order valence-corrected chi connectivity index (χ0v) is 14.9. The van der Waals surface area contributed by atoms with Crippen molar-refractivity contribution in [3.05, 3.63) is 83.6 Å². The molecule has 0 radical (unpaired) electrons. The van der Waals surface area contributed by atoms with Gasteiger partial charge in [-0.3, -0.25) is 14.6 Å². The monoisotopic (exact) mass is 361 g/mol. The van der Waals surface area contributed by atoms with Crippen LogP contribution < -0.4 is 10.2 Å². The van der Waals surface area contributed by atoms with Crippen molar-refractivity contribution in [1.29, 1.82) is 0 Å². The fourth-order valence-corrected chi connectivity index (χ4v) is 3.37. The molecule has 6 nitrogen and oxygen atoms in total. The molecule has 1 aromatic carbocycles. The highest BCUT2D eigenvalue weighted by molar-refractivity contribution is 6.08. The van der Waals surface area contributed by atoms with Crippen LogP contribution in [0, 0.1) is 0 Å². The van der Waals surface area contributed by atoms with Gasteiger partial charge in [0.25, 0.3) is 11.8 Å². The van der Waals surface area contributed by atoms with Crippen LogP contribution in [-0.2, 0) is 13.0 Å². The van der Waals surface area contributed by atoms with Crippen LogP contribution in [-0.4, -0.2) is 22.8 Å². The lowest BCUT2D eigenvalue weighted by atomic mass is 10.1. The summed E-state index contributed by atoms with van der Waals surface area (Å²) in [4.78, 5) is 31.3. The number of carbonyl (C=O) groups excluding carboxylic acids is 2. The highest BCUT2D eigenvalue weighted by Gasteiger charge is 2.31. The predicted molar refractivity (Wildman–Crippen MR) is 101 cm³/mol. The first-order valence-corrected chi connectivity index (χ1v) is 8.81. The van der Waals surface area contributed by atoms with Crippen molar-refractivity contribution < 1.29 is 14.0 Å². The van der Waals surface area contributed by atoms with E-state index in [-0.39, 0.29) is 30.1 Å². The van der Waals surface area contributed by atoms with E-state index in [1.807, 2.05) is 31.2 Å². The molecule has 0 fully saturated rings. The number of benzene rings is 1. The van der Waals surface area contributed by atoms with Crippen molar-refractivity contribution in [3.8, 4) is 0 Å². The van der Waals surface area contributed by atoms with Crippen molar-refractivity contribution in [2.24, 2.45) is 0 Å². The van der Waals surface area contributed by atoms with E-state index >= 15 is 0 Å². The van der Waals surface area contributed by atoms with Crippen molar-refractivity contribution in [2.75, 3.05) is 4.90 Å². The molecule has 3 heterocycles. The molecule has 6 heteroatoms. The van der Waals surface area contributed by atoms with Crippen molar-refractivity contribution in [2.45, 2.75) is 25.9 Å². The highest BCUT2D eigenvalue weighted by Crippen LogP contribution is 2.33. The normalized spacial score (nSPS) is 15.4. The Hall–Kier alpha value is -3.41. The number of hydrogen-bond donors (Lipinski definition) is 1. The maximum Gasteiger partial charge on any atom is 0.270 e. The van der Waals surface area contributed by atoms with Crippen molar-refractivity contribution >= 4 is 17.5 Å². The molecular weight excluding hydrogens is 342 g/mol.